The molecule has 2 aromatic rings. The van der Waals surface area contributed by atoms with Crippen molar-refractivity contribution in [1.29, 1.82) is 0 Å². The SMILES string of the molecule is COC(=O)c1ccc(COc2cccc(C3CCNCC3)n2)c(F)c1. The molecule has 0 unspecified atom stereocenters. The number of carbonyl (C=O) groups excluding carboxylic acids is 1. The maximum Gasteiger partial charge on any atom is 0.337 e. The molecule has 0 atom stereocenters. The van der Waals surface area contributed by atoms with E-state index in [0.29, 0.717) is 17.4 Å². The van der Waals surface area contributed by atoms with Crippen molar-refractivity contribution in [1.82, 2.24) is 10.3 Å². The second-order valence-electron chi connectivity index (χ2n) is 6.01. The number of rotatable bonds is 5. The second-order valence-corrected chi connectivity index (χ2v) is 6.01. The van der Waals surface area contributed by atoms with Crippen LogP contribution >= 0.6 is 0 Å². The molecule has 1 fully saturated rings. The van der Waals surface area contributed by atoms with Crippen LogP contribution in [-0.2, 0) is 11.3 Å². The molecule has 0 bridgehead atoms. The predicted octanol–water partition coefficient (Wildman–Crippen LogP) is 3.05. The van der Waals surface area contributed by atoms with E-state index in [0.717, 1.165) is 37.7 Å². The zero-order valence-corrected chi connectivity index (χ0v) is 14.1. The number of esters is 1. The number of nitrogens with zero attached hydrogens (tertiary/aromatic N) is 1. The molecule has 0 amide bonds. The first kappa shape index (κ1) is 17.4. The van der Waals surface area contributed by atoms with E-state index in [9.17, 15) is 9.18 Å². The molecule has 0 spiro atoms. The quantitative estimate of drug-likeness (QED) is 0.845. The van der Waals surface area contributed by atoms with Crippen LogP contribution in [0, 0.1) is 5.82 Å². The topological polar surface area (TPSA) is 60.5 Å². The highest BCUT2D eigenvalue weighted by Crippen LogP contribution is 2.25. The normalized spacial score (nSPS) is 15.0. The van der Waals surface area contributed by atoms with Crippen LogP contribution in [0.5, 0.6) is 5.88 Å². The number of halogens is 1. The van der Waals surface area contributed by atoms with Crippen LogP contribution in [0.1, 0.15) is 40.4 Å². The Balaban J connectivity index is 1.66. The first-order valence-electron chi connectivity index (χ1n) is 8.34. The standard InChI is InChI=1S/C19H21FN2O3/c1-24-19(23)14-5-6-15(16(20)11-14)12-25-18-4-2-3-17(22-18)13-7-9-21-10-8-13/h2-6,11,13,21H,7-10,12H2,1H3. The third-order valence-corrected chi connectivity index (χ3v) is 4.35. The van der Waals surface area contributed by atoms with Gasteiger partial charge in [-0.05, 0) is 44.1 Å². The predicted molar refractivity (Wildman–Crippen MR) is 91.2 cm³/mol. The van der Waals surface area contributed by atoms with Crippen LogP contribution in [-0.4, -0.2) is 31.2 Å². The van der Waals surface area contributed by atoms with E-state index in [-0.39, 0.29) is 12.2 Å². The van der Waals surface area contributed by atoms with Gasteiger partial charge in [0.2, 0.25) is 5.88 Å². The molecule has 1 saturated heterocycles. The minimum absolute atomic E-state index is 0.0515. The Bertz CT molecular complexity index is 745. The maximum absolute atomic E-state index is 14.1. The molecule has 132 valence electrons. The Morgan fingerprint density at radius 2 is 2.08 bits per heavy atom. The molecular formula is C19H21FN2O3. The Hall–Kier alpha value is -2.47. The van der Waals surface area contributed by atoms with Crippen molar-refractivity contribution in [2.75, 3.05) is 20.2 Å². The summed E-state index contributed by atoms with van der Waals surface area (Å²) in [5, 5.41) is 3.34. The van der Waals surface area contributed by atoms with Crippen LogP contribution in [0.3, 0.4) is 0 Å². The Morgan fingerprint density at radius 3 is 2.80 bits per heavy atom. The summed E-state index contributed by atoms with van der Waals surface area (Å²) in [6.45, 7) is 2.04. The second kappa shape index (κ2) is 8.07. The summed E-state index contributed by atoms with van der Waals surface area (Å²) in [5.74, 6) is -0.159. The summed E-state index contributed by atoms with van der Waals surface area (Å²) in [4.78, 5) is 16.0. The third kappa shape index (κ3) is 4.33. The first-order valence-corrected chi connectivity index (χ1v) is 8.34. The Morgan fingerprint density at radius 1 is 1.28 bits per heavy atom. The van der Waals surface area contributed by atoms with Gasteiger partial charge >= 0.3 is 5.97 Å². The molecule has 5 nitrogen and oxygen atoms in total. The van der Waals surface area contributed by atoms with Crippen LogP contribution in [0.15, 0.2) is 36.4 Å². The Labute approximate surface area is 146 Å². The van der Waals surface area contributed by atoms with Gasteiger partial charge in [0.05, 0.1) is 12.7 Å². The number of hydrogen-bond donors (Lipinski definition) is 1. The number of nitrogens with one attached hydrogen (secondary N) is 1. The highest BCUT2D eigenvalue weighted by molar-refractivity contribution is 5.89. The number of benzene rings is 1. The summed E-state index contributed by atoms with van der Waals surface area (Å²) in [6, 6.07) is 9.89. The lowest BCUT2D eigenvalue weighted by atomic mass is 9.94. The largest absolute Gasteiger partial charge is 0.473 e. The number of piperidine rings is 1. The van der Waals surface area contributed by atoms with Gasteiger partial charge in [-0.1, -0.05) is 12.1 Å². The van der Waals surface area contributed by atoms with Crippen LogP contribution < -0.4 is 10.1 Å². The minimum Gasteiger partial charge on any atom is -0.473 e. The van der Waals surface area contributed by atoms with Gasteiger partial charge in [0, 0.05) is 23.2 Å². The summed E-state index contributed by atoms with van der Waals surface area (Å²) < 4.78 is 24.3. The van der Waals surface area contributed by atoms with Gasteiger partial charge in [-0.3, -0.25) is 0 Å². The lowest BCUT2D eigenvalue weighted by Gasteiger charge is -2.22. The van der Waals surface area contributed by atoms with Crippen LogP contribution in [0.4, 0.5) is 4.39 Å². The van der Waals surface area contributed by atoms with Crippen LogP contribution in [0.25, 0.3) is 0 Å². The van der Waals surface area contributed by atoms with Gasteiger partial charge in [-0.2, -0.15) is 0 Å². The van der Waals surface area contributed by atoms with Gasteiger partial charge in [0.1, 0.15) is 12.4 Å². The van der Waals surface area contributed by atoms with Gasteiger partial charge in [0.25, 0.3) is 0 Å². The molecule has 6 heteroatoms. The molecule has 1 aromatic carbocycles. The number of aromatic nitrogens is 1. The van der Waals surface area contributed by atoms with E-state index >= 15 is 0 Å². The fraction of sp³-hybridized carbons (Fsp3) is 0.368. The van der Waals surface area contributed by atoms with Crippen molar-refractivity contribution >= 4 is 5.97 Å². The lowest BCUT2D eigenvalue weighted by molar-refractivity contribution is 0.0600. The average Bonchev–Trinajstić information content (AvgIpc) is 2.67. The average molecular weight is 344 g/mol. The number of pyridine rings is 1. The highest BCUT2D eigenvalue weighted by Gasteiger charge is 2.17. The van der Waals surface area contributed by atoms with Crippen LogP contribution in [0.2, 0.25) is 0 Å². The van der Waals surface area contributed by atoms with Crippen molar-refractivity contribution in [3.05, 3.63) is 59.0 Å². The fourth-order valence-electron chi connectivity index (χ4n) is 2.92. The molecule has 1 aromatic heterocycles. The zero-order chi connectivity index (χ0) is 17.6. The summed E-state index contributed by atoms with van der Waals surface area (Å²) in [6.07, 6.45) is 2.11. The smallest absolute Gasteiger partial charge is 0.337 e. The molecule has 0 radical (unpaired) electrons. The maximum atomic E-state index is 14.1. The Kier molecular flexibility index (Phi) is 5.60. The molecule has 0 aliphatic carbocycles. The van der Waals surface area contributed by atoms with Crippen molar-refractivity contribution in [3.63, 3.8) is 0 Å². The molecule has 3 rings (SSSR count). The number of ether oxygens (including phenoxy) is 2. The highest BCUT2D eigenvalue weighted by atomic mass is 19.1. The van der Waals surface area contributed by atoms with Crippen molar-refractivity contribution in [2.45, 2.75) is 25.4 Å². The zero-order valence-electron chi connectivity index (χ0n) is 14.1. The van der Waals surface area contributed by atoms with Gasteiger partial charge in [0.15, 0.2) is 0 Å². The molecule has 1 aliphatic rings. The van der Waals surface area contributed by atoms with Crippen molar-refractivity contribution in [2.24, 2.45) is 0 Å². The van der Waals surface area contributed by atoms with E-state index in [2.05, 4.69) is 15.0 Å². The van der Waals surface area contributed by atoms with E-state index in [4.69, 9.17) is 4.74 Å². The summed E-state index contributed by atoms with van der Waals surface area (Å²) in [5.41, 5.74) is 1.55. The number of hydrogen-bond acceptors (Lipinski definition) is 5. The molecule has 1 N–H and O–H groups in total. The first-order chi connectivity index (χ1) is 12.2. The molecule has 2 heterocycles. The van der Waals surface area contributed by atoms with Crippen molar-refractivity contribution < 1.29 is 18.7 Å². The van der Waals surface area contributed by atoms with E-state index < -0.39 is 11.8 Å². The van der Waals surface area contributed by atoms with E-state index in [1.165, 1.54) is 19.2 Å². The minimum atomic E-state index is -0.567. The van der Waals surface area contributed by atoms with Gasteiger partial charge in [-0.15, -0.1) is 0 Å². The van der Waals surface area contributed by atoms with E-state index in [1.807, 2.05) is 12.1 Å². The fourth-order valence-corrected chi connectivity index (χ4v) is 2.92. The number of carbonyl (C=O) groups is 1. The molecule has 1 aliphatic heterocycles. The summed E-state index contributed by atoms with van der Waals surface area (Å²) in [7, 11) is 1.26. The van der Waals surface area contributed by atoms with Gasteiger partial charge in [-0.25, -0.2) is 14.2 Å². The molecule has 25 heavy (non-hydrogen) atoms. The molecular weight excluding hydrogens is 323 g/mol. The molecule has 0 saturated carbocycles. The van der Waals surface area contributed by atoms with Gasteiger partial charge < -0.3 is 14.8 Å². The summed E-state index contributed by atoms with van der Waals surface area (Å²) >= 11 is 0. The third-order valence-electron chi connectivity index (χ3n) is 4.35. The van der Waals surface area contributed by atoms with E-state index in [1.54, 1.807) is 6.07 Å². The lowest BCUT2D eigenvalue weighted by Crippen LogP contribution is -2.27. The van der Waals surface area contributed by atoms with Crippen molar-refractivity contribution in [3.8, 4) is 5.88 Å². The number of methoxy groups -OCH3 is 1. The monoisotopic (exact) mass is 344 g/mol.